The maximum Gasteiger partial charge on any atom is 0.387 e. The van der Waals surface area contributed by atoms with E-state index < -0.39 is 12.7 Å². The summed E-state index contributed by atoms with van der Waals surface area (Å²) in [7, 11) is 1.86. The van der Waals surface area contributed by atoms with Gasteiger partial charge in [0.25, 0.3) is 0 Å². The SMILES string of the molecule is CCC(NCC(O)c1ccc(OC(F)F)cc1)c1cnn(C)c1. The molecule has 2 rings (SSSR count). The summed E-state index contributed by atoms with van der Waals surface area (Å²) in [5.41, 5.74) is 1.70. The van der Waals surface area contributed by atoms with Gasteiger partial charge in [0.2, 0.25) is 0 Å². The summed E-state index contributed by atoms with van der Waals surface area (Å²) in [6, 6.07) is 6.09. The van der Waals surface area contributed by atoms with Gasteiger partial charge in [0, 0.05) is 31.4 Å². The molecule has 0 aliphatic rings. The number of alkyl halides is 2. The minimum atomic E-state index is -2.85. The number of nitrogens with zero attached hydrogens (tertiary/aromatic N) is 2. The molecule has 5 nitrogen and oxygen atoms in total. The Morgan fingerprint density at radius 3 is 2.48 bits per heavy atom. The number of ether oxygens (including phenoxy) is 1. The van der Waals surface area contributed by atoms with E-state index in [1.54, 1.807) is 23.0 Å². The fourth-order valence-electron chi connectivity index (χ4n) is 2.36. The standard InChI is InChI=1S/C16H21F2N3O2/c1-3-14(12-8-20-21(2)10-12)19-9-15(22)11-4-6-13(7-5-11)23-16(17)18/h4-8,10,14-16,19,22H,3,9H2,1-2H3. The molecule has 126 valence electrons. The molecular weight excluding hydrogens is 304 g/mol. The van der Waals surface area contributed by atoms with Gasteiger partial charge < -0.3 is 15.2 Å². The molecule has 0 radical (unpaired) electrons. The second-order valence-corrected chi connectivity index (χ2v) is 5.28. The minimum Gasteiger partial charge on any atom is -0.435 e. The highest BCUT2D eigenvalue weighted by molar-refractivity contribution is 5.28. The molecule has 1 aromatic carbocycles. The molecular formula is C16H21F2N3O2. The van der Waals surface area contributed by atoms with E-state index in [-0.39, 0.29) is 11.8 Å². The van der Waals surface area contributed by atoms with Crippen LogP contribution in [-0.4, -0.2) is 28.0 Å². The lowest BCUT2D eigenvalue weighted by Crippen LogP contribution is -2.26. The summed E-state index contributed by atoms with van der Waals surface area (Å²) in [6.07, 6.45) is 3.86. The number of aryl methyl sites for hydroxylation is 1. The first-order chi connectivity index (χ1) is 11.0. The van der Waals surface area contributed by atoms with E-state index in [1.165, 1.54) is 12.1 Å². The van der Waals surface area contributed by atoms with E-state index in [2.05, 4.69) is 15.2 Å². The zero-order valence-electron chi connectivity index (χ0n) is 13.1. The van der Waals surface area contributed by atoms with Gasteiger partial charge in [0.1, 0.15) is 5.75 Å². The van der Waals surface area contributed by atoms with E-state index in [4.69, 9.17) is 0 Å². The minimum absolute atomic E-state index is 0.0747. The van der Waals surface area contributed by atoms with Crippen molar-refractivity contribution in [2.24, 2.45) is 7.05 Å². The molecule has 2 unspecified atom stereocenters. The monoisotopic (exact) mass is 325 g/mol. The van der Waals surface area contributed by atoms with Crippen LogP contribution in [0.1, 0.15) is 36.6 Å². The maximum absolute atomic E-state index is 12.1. The van der Waals surface area contributed by atoms with Gasteiger partial charge >= 0.3 is 6.61 Å². The molecule has 7 heteroatoms. The first-order valence-electron chi connectivity index (χ1n) is 7.44. The summed E-state index contributed by atoms with van der Waals surface area (Å²) < 4.78 is 30.2. The van der Waals surface area contributed by atoms with Crippen LogP contribution in [0.4, 0.5) is 8.78 Å². The van der Waals surface area contributed by atoms with Crippen LogP contribution in [0, 0.1) is 0 Å². The Morgan fingerprint density at radius 2 is 1.96 bits per heavy atom. The first-order valence-corrected chi connectivity index (χ1v) is 7.44. The first kappa shape index (κ1) is 17.4. The van der Waals surface area contributed by atoms with Gasteiger partial charge in [0.15, 0.2) is 0 Å². The molecule has 0 saturated carbocycles. The van der Waals surface area contributed by atoms with Crippen molar-refractivity contribution in [3.8, 4) is 5.75 Å². The van der Waals surface area contributed by atoms with Crippen LogP contribution in [0.5, 0.6) is 5.75 Å². The number of halogens is 2. The number of rotatable bonds is 8. The average molecular weight is 325 g/mol. The van der Waals surface area contributed by atoms with Crippen molar-refractivity contribution in [2.45, 2.75) is 32.1 Å². The lowest BCUT2D eigenvalue weighted by molar-refractivity contribution is -0.0498. The van der Waals surface area contributed by atoms with Crippen molar-refractivity contribution in [3.05, 3.63) is 47.8 Å². The normalized spacial score (nSPS) is 14.0. The van der Waals surface area contributed by atoms with Crippen molar-refractivity contribution >= 4 is 0 Å². The van der Waals surface area contributed by atoms with Gasteiger partial charge in [-0.2, -0.15) is 13.9 Å². The Balaban J connectivity index is 1.91. The summed E-state index contributed by atoms with van der Waals surface area (Å²) in [5, 5.41) is 17.7. The van der Waals surface area contributed by atoms with Crippen LogP contribution < -0.4 is 10.1 Å². The molecule has 2 atom stereocenters. The number of aromatic nitrogens is 2. The molecule has 0 aliphatic heterocycles. The highest BCUT2D eigenvalue weighted by atomic mass is 19.3. The van der Waals surface area contributed by atoms with Crippen LogP contribution >= 0.6 is 0 Å². The highest BCUT2D eigenvalue weighted by Gasteiger charge is 2.14. The lowest BCUT2D eigenvalue weighted by Gasteiger charge is -2.19. The van der Waals surface area contributed by atoms with E-state index in [1.807, 2.05) is 20.2 Å². The fourth-order valence-corrected chi connectivity index (χ4v) is 2.36. The van der Waals surface area contributed by atoms with Crippen molar-refractivity contribution in [1.29, 1.82) is 0 Å². The number of aliphatic hydroxyl groups is 1. The molecule has 0 amide bonds. The van der Waals surface area contributed by atoms with Crippen molar-refractivity contribution in [3.63, 3.8) is 0 Å². The largest absolute Gasteiger partial charge is 0.435 e. The Hall–Kier alpha value is -1.99. The third-order valence-corrected chi connectivity index (χ3v) is 3.58. The van der Waals surface area contributed by atoms with Gasteiger partial charge in [-0.1, -0.05) is 19.1 Å². The molecule has 2 N–H and O–H groups in total. The molecule has 0 spiro atoms. The van der Waals surface area contributed by atoms with Crippen LogP contribution in [0.25, 0.3) is 0 Å². The topological polar surface area (TPSA) is 59.3 Å². The third kappa shape index (κ3) is 5.01. The predicted octanol–water partition coefficient (Wildman–Crippen LogP) is 2.80. The number of benzene rings is 1. The molecule has 0 bridgehead atoms. The molecule has 23 heavy (non-hydrogen) atoms. The van der Waals surface area contributed by atoms with Gasteiger partial charge in [-0.3, -0.25) is 4.68 Å². The molecule has 0 saturated heterocycles. The van der Waals surface area contributed by atoms with Crippen molar-refractivity contribution in [2.75, 3.05) is 6.54 Å². The zero-order valence-corrected chi connectivity index (χ0v) is 13.1. The van der Waals surface area contributed by atoms with Crippen LogP contribution in [0.15, 0.2) is 36.7 Å². The van der Waals surface area contributed by atoms with Gasteiger partial charge in [-0.25, -0.2) is 0 Å². The Morgan fingerprint density at radius 1 is 1.26 bits per heavy atom. The van der Waals surface area contributed by atoms with Crippen molar-refractivity contribution < 1.29 is 18.6 Å². The smallest absolute Gasteiger partial charge is 0.387 e. The maximum atomic E-state index is 12.1. The highest BCUT2D eigenvalue weighted by Crippen LogP contribution is 2.21. The number of hydrogen-bond donors (Lipinski definition) is 2. The van der Waals surface area contributed by atoms with Gasteiger partial charge in [0.05, 0.1) is 12.3 Å². The fraction of sp³-hybridized carbons (Fsp3) is 0.438. The molecule has 0 fully saturated rings. The summed E-state index contributed by atoms with van der Waals surface area (Å²) in [4.78, 5) is 0. The Labute approximate surface area is 133 Å². The predicted molar refractivity (Wildman–Crippen MR) is 82.3 cm³/mol. The summed E-state index contributed by atoms with van der Waals surface area (Å²) in [6.45, 7) is -0.451. The van der Waals surface area contributed by atoms with Crippen molar-refractivity contribution in [1.82, 2.24) is 15.1 Å². The average Bonchev–Trinajstić information content (AvgIpc) is 2.94. The van der Waals surface area contributed by atoms with E-state index >= 15 is 0 Å². The van der Waals surface area contributed by atoms with Crippen LogP contribution in [-0.2, 0) is 7.05 Å². The van der Waals surface area contributed by atoms with Gasteiger partial charge in [-0.05, 0) is 24.1 Å². The zero-order chi connectivity index (χ0) is 16.8. The number of hydrogen-bond acceptors (Lipinski definition) is 4. The molecule has 2 aromatic rings. The summed E-state index contributed by atoms with van der Waals surface area (Å²) >= 11 is 0. The molecule has 1 heterocycles. The van der Waals surface area contributed by atoms with Gasteiger partial charge in [-0.15, -0.1) is 0 Å². The Bertz CT molecular complexity index is 602. The third-order valence-electron chi connectivity index (χ3n) is 3.58. The lowest BCUT2D eigenvalue weighted by atomic mass is 10.1. The summed E-state index contributed by atoms with van der Waals surface area (Å²) in [5.74, 6) is 0.0747. The van der Waals surface area contributed by atoms with Crippen LogP contribution in [0.2, 0.25) is 0 Å². The Kier molecular flexibility index (Phi) is 6.06. The second-order valence-electron chi connectivity index (χ2n) is 5.28. The van der Waals surface area contributed by atoms with E-state index in [0.29, 0.717) is 12.1 Å². The molecule has 1 aromatic heterocycles. The number of nitrogens with one attached hydrogen (secondary N) is 1. The second kappa shape index (κ2) is 8.03. The van der Waals surface area contributed by atoms with Crippen LogP contribution in [0.3, 0.4) is 0 Å². The molecule has 0 aliphatic carbocycles. The van der Waals surface area contributed by atoms with E-state index in [0.717, 1.165) is 12.0 Å². The quantitative estimate of drug-likeness (QED) is 0.783. The number of aliphatic hydroxyl groups excluding tert-OH is 1. The van der Waals surface area contributed by atoms with E-state index in [9.17, 15) is 13.9 Å².